The highest BCUT2D eigenvalue weighted by atomic mass is 28.4. The molecule has 0 spiro atoms. The van der Waals surface area contributed by atoms with Gasteiger partial charge >= 0.3 is 0 Å². The molecular formula is C20H34O4Si. The van der Waals surface area contributed by atoms with Crippen LogP contribution >= 0.6 is 0 Å². The number of methoxy groups -OCH3 is 2. The van der Waals surface area contributed by atoms with Gasteiger partial charge in [-0.2, -0.15) is 0 Å². The number of benzene rings is 1. The summed E-state index contributed by atoms with van der Waals surface area (Å²) in [5.74, 6) is 1.33. The predicted molar refractivity (Wildman–Crippen MR) is 105 cm³/mol. The number of carbonyl (C=O) groups is 1. The van der Waals surface area contributed by atoms with Crippen molar-refractivity contribution in [3.05, 3.63) is 23.8 Å². The summed E-state index contributed by atoms with van der Waals surface area (Å²) >= 11 is 0. The van der Waals surface area contributed by atoms with Crippen LogP contribution in [0.5, 0.6) is 11.5 Å². The maximum atomic E-state index is 11.4. The third kappa shape index (κ3) is 5.08. The number of aldehydes is 1. The van der Waals surface area contributed by atoms with E-state index in [2.05, 4.69) is 40.8 Å². The maximum Gasteiger partial charge on any atom is 0.192 e. The van der Waals surface area contributed by atoms with E-state index in [1.165, 1.54) is 0 Å². The second kappa shape index (κ2) is 8.36. The van der Waals surface area contributed by atoms with E-state index in [4.69, 9.17) is 13.9 Å². The highest BCUT2D eigenvalue weighted by Crippen LogP contribution is 2.44. The van der Waals surface area contributed by atoms with Crippen molar-refractivity contribution in [3.63, 3.8) is 0 Å². The largest absolute Gasteiger partial charge is 0.493 e. The van der Waals surface area contributed by atoms with Crippen LogP contribution < -0.4 is 9.47 Å². The van der Waals surface area contributed by atoms with Gasteiger partial charge in [-0.05, 0) is 41.7 Å². The minimum atomic E-state index is -2.01. The van der Waals surface area contributed by atoms with E-state index in [1.54, 1.807) is 14.2 Å². The van der Waals surface area contributed by atoms with Crippen molar-refractivity contribution < 1.29 is 18.7 Å². The van der Waals surface area contributed by atoms with Gasteiger partial charge in [-0.15, -0.1) is 0 Å². The Morgan fingerprint density at radius 3 is 2.04 bits per heavy atom. The third-order valence-electron chi connectivity index (χ3n) is 5.49. The summed E-state index contributed by atoms with van der Waals surface area (Å²) in [6, 6.07) is 5.87. The zero-order chi connectivity index (χ0) is 19.4. The first-order chi connectivity index (χ1) is 11.5. The van der Waals surface area contributed by atoms with Crippen LogP contribution in [0.3, 0.4) is 0 Å². The Balaban J connectivity index is 3.35. The summed E-state index contributed by atoms with van der Waals surface area (Å²) in [5, 5.41) is 0.0892. The molecule has 1 aromatic carbocycles. The fraction of sp³-hybridized carbons (Fsp3) is 0.650. The number of ether oxygens (including phenoxy) is 2. The molecule has 0 N–H and O–H groups in total. The second-order valence-electron chi connectivity index (χ2n) is 8.27. The van der Waals surface area contributed by atoms with Gasteiger partial charge in [0.2, 0.25) is 0 Å². The zero-order valence-electron chi connectivity index (χ0n) is 17.2. The molecule has 0 amide bonds. The van der Waals surface area contributed by atoms with E-state index in [0.717, 1.165) is 11.8 Å². The van der Waals surface area contributed by atoms with Gasteiger partial charge in [-0.3, -0.25) is 0 Å². The van der Waals surface area contributed by atoms with Gasteiger partial charge in [0.15, 0.2) is 19.8 Å². The SMILES string of the molecule is COc1ccc([C@H](O[Si](C)(C)C(C)(C)C)[C@H](C)[C@@H](C)C=O)cc1OC. The highest BCUT2D eigenvalue weighted by molar-refractivity contribution is 6.74. The zero-order valence-corrected chi connectivity index (χ0v) is 18.2. The molecule has 5 heteroatoms. The molecule has 0 aromatic heterocycles. The Labute approximate surface area is 154 Å². The van der Waals surface area contributed by atoms with Gasteiger partial charge < -0.3 is 18.7 Å². The summed E-state index contributed by atoms with van der Waals surface area (Å²) < 4.78 is 17.5. The molecule has 1 rings (SSSR count). The van der Waals surface area contributed by atoms with Gasteiger partial charge in [0, 0.05) is 5.92 Å². The van der Waals surface area contributed by atoms with Crippen LogP contribution in [0.15, 0.2) is 18.2 Å². The minimum Gasteiger partial charge on any atom is -0.493 e. The molecule has 0 fully saturated rings. The maximum absolute atomic E-state index is 11.4. The van der Waals surface area contributed by atoms with E-state index in [1.807, 2.05) is 25.1 Å². The Bertz CT molecular complexity index is 578. The molecule has 0 aliphatic heterocycles. The molecule has 142 valence electrons. The van der Waals surface area contributed by atoms with Crippen molar-refractivity contribution in [2.45, 2.75) is 58.9 Å². The van der Waals surface area contributed by atoms with Crippen LogP contribution in [0.1, 0.15) is 46.3 Å². The first kappa shape index (κ1) is 21.7. The van der Waals surface area contributed by atoms with E-state index in [9.17, 15) is 4.79 Å². The Morgan fingerprint density at radius 1 is 1.04 bits per heavy atom. The number of carbonyl (C=O) groups excluding carboxylic acids is 1. The van der Waals surface area contributed by atoms with Crippen molar-refractivity contribution in [2.75, 3.05) is 14.2 Å². The Kier molecular flexibility index (Phi) is 7.26. The molecule has 0 radical (unpaired) electrons. The second-order valence-corrected chi connectivity index (χ2v) is 13.0. The van der Waals surface area contributed by atoms with Crippen molar-refractivity contribution in [1.29, 1.82) is 0 Å². The number of hydrogen-bond acceptors (Lipinski definition) is 4. The molecule has 0 saturated carbocycles. The average Bonchev–Trinajstić information content (AvgIpc) is 2.56. The predicted octanol–water partition coefficient (Wildman–Crippen LogP) is 5.24. The highest BCUT2D eigenvalue weighted by Gasteiger charge is 2.41. The monoisotopic (exact) mass is 366 g/mol. The summed E-state index contributed by atoms with van der Waals surface area (Å²) in [7, 11) is 1.24. The Hall–Kier alpha value is -1.33. The van der Waals surface area contributed by atoms with Gasteiger partial charge in [0.25, 0.3) is 0 Å². The summed E-state index contributed by atoms with van der Waals surface area (Å²) in [6.45, 7) is 15.2. The molecular weight excluding hydrogens is 332 g/mol. The topological polar surface area (TPSA) is 44.8 Å². The van der Waals surface area contributed by atoms with Crippen molar-refractivity contribution >= 4 is 14.6 Å². The Morgan fingerprint density at radius 2 is 1.60 bits per heavy atom. The molecule has 3 atom stereocenters. The van der Waals surface area contributed by atoms with Crippen LogP contribution in [0.4, 0.5) is 0 Å². The van der Waals surface area contributed by atoms with Crippen LogP contribution in [-0.2, 0) is 9.22 Å². The number of rotatable bonds is 8. The fourth-order valence-electron chi connectivity index (χ4n) is 2.40. The van der Waals surface area contributed by atoms with Crippen LogP contribution in [0.2, 0.25) is 18.1 Å². The normalized spacial score (nSPS) is 16.0. The molecule has 25 heavy (non-hydrogen) atoms. The van der Waals surface area contributed by atoms with Crippen LogP contribution in [0.25, 0.3) is 0 Å². The molecule has 0 saturated heterocycles. The van der Waals surface area contributed by atoms with Gasteiger partial charge in [-0.1, -0.05) is 40.7 Å². The molecule has 0 heterocycles. The van der Waals surface area contributed by atoms with E-state index in [0.29, 0.717) is 11.5 Å². The summed E-state index contributed by atoms with van der Waals surface area (Å²) in [5.41, 5.74) is 1.02. The molecule has 0 aliphatic rings. The molecule has 0 unspecified atom stereocenters. The van der Waals surface area contributed by atoms with Crippen LogP contribution in [0, 0.1) is 11.8 Å². The quantitative estimate of drug-likeness (QED) is 0.466. The van der Waals surface area contributed by atoms with E-state index >= 15 is 0 Å². The molecule has 0 bridgehead atoms. The van der Waals surface area contributed by atoms with Crippen molar-refractivity contribution in [1.82, 2.24) is 0 Å². The van der Waals surface area contributed by atoms with Crippen LogP contribution in [-0.4, -0.2) is 28.8 Å². The summed E-state index contributed by atoms with van der Waals surface area (Å²) in [6.07, 6.45) is 0.842. The minimum absolute atomic E-state index is 0.0599. The molecule has 0 aliphatic carbocycles. The number of hydrogen-bond donors (Lipinski definition) is 0. The first-order valence-corrected chi connectivity index (χ1v) is 11.7. The van der Waals surface area contributed by atoms with E-state index in [-0.39, 0.29) is 23.0 Å². The fourth-order valence-corrected chi connectivity index (χ4v) is 3.74. The average molecular weight is 367 g/mol. The lowest BCUT2D eigenvalue weighted by Crippen LogP contribution is -2.43. The first-order valence-electron chi connectivity index (χ1n) is 8.83. The smallest absolute Gasteiger partial charge is 0.192 e. The lowest BCUT2D eigenvalue weighted by atomic mass is 9.88. The molecule has 4 nitrogen and oxygen atoms in total. The van der Waals surface area contributed by atoms with Gasteiger partial charge in [-0.25, -0.2) is 0 Å². The van der Waals surface area contributed by atoms with Gasteiger partial charge in [0.1, 0.15) is 6.29 Å². The lowest BCUT2D eigenvalue weighted by Gasteiger charge is -2.41. The lowest BCUT2D eigenvalue weighted by molar-refractivity contribution is -0.113. The van der Waals surface area contributed by atoms with Gasteiger partial charge in [0.05, 0.1) is 20.3 Å². The summed E-state index contributed by atoms with van der Waals surface area (Å²) in [4.78, 5) is 11.4. The van der Waals surface area contributed by atoms with Crippen molar-refractivity contribution in [2.24, 2.45) is 11.8 Å². The molecule has 1 aromatic rings. The van der Waals surface area contributed by atoms with Crippen molar-refractivity contribution in [3.8, 4) is 11.5 Å². The standard InChI is InChI=1S/C20H34O4Si/c1-14(13-21)15(2)19(24-25(8,9)20(3,4)5)16-10-11-17(22-6)18(12-16)23-7/h10-15,19H,1-9H3/t14-,15+,19+/m0/s1. The van der Waals surface area contributed by atoms with E-state index < -0.39 is 8.32 Å². The third-order valence-corrected chi connectivity index (χ3v) is 9.94.